The SMILES string of the molecule is CCCOc1ccc(/C=C/C(=O)c2ccc(OC(=O)C(C)(C)C)cc2)c(OCCC)c1. The third kappa shape index (κ3) is 7.59. The predicted molar refractivity (Wildman–Crippen MR) is 123 cm³/mol. The molecule has 0 unspecified atom stereocenters. The van der Waals surface area contributed by atoms with Crippen molar-refractivity contribution in [3.63, 3.8) is 0 Å². The van der Waals surface area contributed by atoms with Gasteiger partial charge < -0.3 is 14.2 Å². The summed E-state index contributed by atoms with van der Waals surface area (Å²) in [6.45, 7) is 10.7. The van der Waals surface area contributed by atoms with Gasteiger partial charge in [-0.05, 0) is 82.2 Å². The van der Waals surface area contributed by atoms with Crippen molar-refractivity contribution < 1.29 is 23.8 Å². The molecule has 166 valence electrons. The number of hydrogen-bond acceptors (Lipinski definition) is 5. The summed E-state index contributed by atoms with van der Waals surface area (Å²) in [6.07, 6.45) is 5.06. The highest BCUT2D eigenvalue weighted by Gasteiger charge is 2.23. The van der Waals surface area contributed by atoms with Crippen LogP contribution in [0, 0.1) is 5.41 Å². The van der Waals surface area contributed by atoms with E-state index in [9.17, 15) is 9.59 Å². The second-order valence-corrected chi connectivity index (χ2v) is 8.26. The van der Waals surface area contributed by atoms with Crippen LogP contribution in [-0.4, -0.2) is 25.0 Å². The third-order valence-electron chi connectivity index (χ3n) is 4.30. The van der Waals surface area contributed by atoms with E-state index in [1.807, 2.05) is 25.1 Å². The molecule has 0 atom stereocenters. The predicted octanol–water partition coefficient (Wildman–Crippen LogP) is 6.11. The third-order valence-corrected chi connectivity index (χ3v) is 4.30. The number of ketones is 1. The second-order valence-electron chi connectivity index (χ2n) is 8.26. The van der Waals surface area contributed by atoms with E-state index in [4.69, 9.17) is 14.2 Å². The lowest BCUT2D eigenvalue weighted by Crippen LogP contribution is -2.25. The van der Waals surface area contributed by atoms with Gasteiger partial charge in [0.2, 0.25) is 0 Å². The van der Waals surface area contributed by atoms with Crippen molar-refractivity contribution in [3.05, 3.63) is 59.7 Å². The van der Waals surface area contributed by atoms with Crippen molar-refractivity contribution in [3.8, 4) is 17.2 Å². The molecule has 5 nitrogen and oxygen atoms in total. The zero-order chi connectivity index (χ0) is 22.9. The molecule has 2 rings (SSSR count). The van der Waals surface area contributed by atoms with Crippen LogP contribution in [-0.2, 0) is 4.79 Å². The van der Waals surface area contributed by atoms with Gasteiger partial charge in [0.05, 0.1) is 18.6 Å². The number of rotatable bonds is 10. The topological polar surface area (TPSA) is 61.8 Å². The van der Waals surface area contributed by atoms with Gasteiger partial charge in [0.25, 0.3) is 0 Å². The Kier molecular flexibility index (Phi) is 8.86. The van der Waals surface area contributed by atoms with Gasteiger partial charge in [0, 0.05) is 17.2 Å². The smallest absolute Gasteiger partial charge is 0.316 e. The Labute approximate surface area is 185 Å². The van der Waals surface area contributed by atoms with Gasteiger partial charge >= 0.3 is 5.97 Å². The van der Waals surface area contributed by atoms with Crippen LogP contribution in [0.3, 0.4) is 0 Å². The summed E-state index contributed by atoms with van der Waals surface area (Å²) in [6, 6.07) is 12.2. The summed E-state index contributed by atoms with van der Waals surface area (Å²) < 4.78 is 16.9. The van der Waals surface area contributed by atoms with Gasteiger partial charge in [-0.15, -0.1) is 0 Å². The van der Waals surface area contributed by atoms with Gasteiger partial charge in [-0.2, -0.15) is 0 Å². The van der Waals surface area contributed by atoms with Crippen LogP contribution in [0.1, 0.15) is 63.4 Å². The molecule has 0 aliphatic rings. The number of carbonyl (C=O) groups excluding carboxylic acids is 2. The van der Waals surface area contributed by atoms with Crippen molar-refractivity contribution in [2.45, 2.75) is 47.5 Å². The fourth-order valence-corrected chi connectivity index (χ4v) is 2.51. The Balaban J connectivity index is 2.11. The summed E-state index contributed by atoms with van der Waals surface area (Å²) >= 11 is 0. The molecular formula is C26H32O5. The van der Waals surface area contributed by atoms with E-state index < -0.39 is 5.41 Å². The maximum absolute atomic E-state index is 12.6. The van der Waals surface area contributed by atoms with E-state index in [0.717, 1.165) is 24.2 Å². The van der Waals surface area contributed by atoms with Crippen LogP contribution in [0.2, 0.25) is 0 Å². The summed E-state index contributed by atoms with van der Waals surface area (Å²) in [4.78, 5) is 24.6. The van der Waals surface area contributed by atoms with Crippen molar-refractivity contribution in [1.82, 2.24) is 0 Å². The maximum atomic E-state index is 12.6. The van der Waals surface area contributed by atoms with Crippen LogP contribution in [0.25, 0.3) is 6.08 Å². The molecular weight excluding hydrogens is 392 g/mol. The Morgan fingerprint density at radius 3 is 2.10 bits per heavy atom. The molecule has 0 heterocycles. The molecule has 5 heteroatoms. The number of hydrogen-bond donors (Lipinski definition) is 0. The Morgan fingerprint density at radius 1 is 0.871 bits per heavy atom. The first-order valence-electron chi connectivity index (χ1n) is 10.7. The van der Waals surface area contributed by atoms with Gasteiger partial charge in [-0.25, -0.2) is 0 Å². The first-order chi connectivity index (χ1) is 14.7. The van der Waals surface area contributed by atoms with E-state index in [0.29, 0.717) is 30.3 Å². The molecule has 2 aromatic rings. The normalized spacial score (nSPS) is 11.4. The molecule has 2 aromatic carbocycles. The van der Waals surface area contributed by atoms with Crippen LogP contribution in [0.15, 0.2) is 48.5 Å². The highest BCUT2D eigenvalue weighted by molar-refractivity contribution is 6.07. The van der Waals surface area contributed by atoms with Crippen molar-refractivity contribution in [2.24, 2.45) is 5.41 Å². The van der Waals surface area contributed by atoms with E-state index >= 15 is 0 Å². The lowest BCUT2D eigenvalue weighted by atomic mass is 9.97. The largest absolute Gasteiger partial charge is 0.493 e. The lowest BCUT2D eigenvalue weighted by molar-refractivity contribution is -0.142. The molecule has 0 saturated heterocycles. The van der Waals surface area contributed by atoms with E-state index in [1.165, 1.54) is 6.08 Å². The number of benzene rings is 2. The minimum atomic E-state index is -0.591. The van der Waals surface area contributed by atoms with Crippen LogP contribution in [0.4, 0.5) is 0 Å². The van der Waals surface area contributed by atoms with E-state index in [1.54, 1.807) is 51.1 Å². The highest BCUT2D eigenvalue weighted by Crippen LogP contribution is 2.27. The maximum Gasteiger partial charge on any atom is 0.316 e. The summed E-state index contributed by atoms with van der Waals surface area (Å²) in [5, 5.41) is 0. The standard InChI is InChI=1S/C26H32O5/c1-6-16-29-22-14-10-20(24(18-22)30-17-7-2)11-15-23(27)19-8-12-21(13-9-19)31-25(28)26(3,4)5/h8-15,18H,6-7,16-17H2,1-5H3/b15-11+. The number of allylic oxidation sites excluding steroid dienone is 1. The van der Waals surface area contributed by atoms with Gasteiger partial charge in [0.15, 0.2) is 5.78 Å². The molecule has 0 amide bonds. The van der Waals surface area contributed by atoms with Gasteiger partial charge in [-0.1, -0.05) is 13.8 Å². The second kappa shape index (κ2) is 11.3. The number of ether oxygens (including phenoxy) is 3. The summed E-state index contributed by atoms with van der Waals surface area (Å²) in [5.41, 5.74) is 0.721. The zero-order valence-corrected chi connectivity index (χ0v) is 19.1. The van der Waals surface area contributed by atoms with Crippen LogP contribution in [0.5, 0.6) is 17.2 Å². The monoisotopic (exact) mass is 424 g/mol. The molecule has 31 heavy (non-hydrogen) atoms. The molecule has 0 bridgehead atoms. The molecule has 0 aromatic heterocycles. The van der Waals surface area contributed by atoms with E-state index in [2.05, 4.69) is 6.92 Å². The molecule has 0 radical (unpaired) electrons. The molecule has 0 spiro atoms. The van der Waals surface area contributed by atoms with E-state index in [-0.39, 0.29) is 11.8 Å². The van der Waals surface area contributed by atoms with Crippen molar-refractivity contribution >= 4 is 17.8 Å². The summed E-state index contributed by atoms with van der Waals surface area (Å²) in [5.74, 6) is 1.37. The quantitative estimate of drug-likeness (QED) is 0.199. The molecule has 0 aliphatic heterocycles. The average molecular weight is 425 g/mol. The molecule has 0 fully saturated rings. The number of esters is 1. The number of carbonyl (C=O) groups is 2. The fourth-order valence-electron chi connectivity index (χ4n) is 2.51. The van der Waals surface area contributed by atoms with Gasteiger partial charge in [0.1, 0.15) is 17.2 Å². The average Bonchev–Trinajstić information content (AvgIpc) is 2.75. The highest BCUT2D eigenvalue weighted by atomic mass is 16.5. The lowest BCUT2D eigenvalue weighted by Gasteiger charge is -2.16. The van der Waals surface area contributed by atoms with Crippen molar-refractivity contribution in [2.75, 3.05) is 13.2 Å². The Hall–Kier alpha value is -3.08. The van der Waals surface area contributed by atoms with Gasteiger partial charge in [-0.3, -0.25) is 9.59 Å². The Morgan fingerprint density at radius 2 is 1.48 bits per heavy atom. The minimum absolute atomic E-state index is 0.151. The Bertz CT molecular complexity index is 904. The summed E-state index contributed by atoms with van der Waals surface area (Å²) in [7, 11) is 0. The minimum Gasteiger partial charge on any atom is -0.493 e. The first kappa shape index (κ1) is 24.2. The fraction of sp³-hybridized carbons (Fsp3) is 0.385. The molecule has 0 saturated carbocycles. The van der Waals surface area contributed by atoms with Crippen LogP contribution < -0.4 is 14.2 Å². The molecule has 0 N–H and O–H groups in total. The molecule has 0 aliphatic carbocycles. The van der Waals surface area contributed by atoms with Crippen molar-refractivity contribution in [1.29, 1.82) is 0 Å². The first-order valence-corrected chi connectivity index (χ1v) is 10.7. The van der Waals surface area contributed by atoms with Crippen LogP contribution >= 0.6 is 0 Å². The zero-order valence-electron chi connectivity index (χ0n) is 19.1.